The van der Waals surface area contributed by atoms with E-state index in [1.165, 1.54) is 0 Å². The zero-order valence-corrected chi connectivity index (χ0v) is 12.1. The van der Waals surface area contributed by atoms with Crippen LogP contribution in [-0.2, 0) is 16.1 Å². The molecule has 0 radical (unpaired) electrons. The summed E-state index contributed by atoms with van der Waals surface area (Å²) in [5.74, 6) is -0.0464. The van der Waals surface area contributed by atoms with Crippen LogP contribution in [-0.4, -0.2) is 35.5 Å². The molecular weight excluding hydrogens is 268 g/mol. The van der Waals surface area contributed by atoms with Gasteiger partial charge in [0.1, 0.15) is 6.61 Å². The van der Waals surface area contributed by atoms with Gasteiger partial charge in [0.15, 0.2) is 0 Å². The summed E-state index contributed by atoms with van der Waals surface area (Å²) >= 11 is 0. The third-order valence-corrected chi connectivity index (χ3v) is 4.41. The summed E-state index contributed by atoms with van der Waals surface area (Å²) in [6.07, 6.45) is 1.24. The molecule has 1 aromatic rings. The highest BCUT2D eigenvalue weighted by Crippen LogP contribution is 2.32. The number of hydrogen-bond donors (Lipinski definition) is 1. The normalized spacial score (nSPS) is 27.4. The van der Waals surface area contributed by atoms with Crippen molar-refractivity contribution in [2.45, 2.75) is 38.5 Å². The lowest BCUT2D eigenvalue weighted by atomic mass is 9.96. The number of ether oxygens (including phenoxy) is 1. The first kappa shape index (κ1) is 13.9. The second-order valence-electron chi connectivity index (χ2n) is 5.64. The summed E-state index contributed by atoms with van der Waals surface area (Å²) in [4.78, 5) is 25.9. The van der Waals surface area contributed by atoms with Crippen molar-refractivity contribution in [3.8, 4) is 0 Å². The number of carbonyl (C=O) groups is 2. The predicted octanol–water partition coefficient (Wildman–Crippen LogP) is 1.92. The first-order valence-corrected chi connectivity index (χ1v) is 7.48. The number of rotatable bonds is 3. The van der Waals surface area contributed by atoms with Crippen LogP contribution in [0.25, 0.3) is 0 Å². The van der Waals surface area contributed by atoms with Crippen molar-refractivity contribution in [3.05, 3.63) is 35.9 Å². The summed E-state index contributed by atoms with van der Waals surface area (Å²) < 4.78 is 5.40. The van der Waals surface area contributed by atoms with E-state index in [-0.39, 0.29) is 36.6 Å². The number of fused-ring (bicyclic) bond motifs is 1. The van der Waals surface area contributed by atoms with Crippen LogP contribution < -0.4 is 5.32 Å². The van der Waals surface area contributed by atoms with Crippen LogP contribution in [0.5, 0.6) is 0 Å². The highest BCUT2D eigenvalue weighted by Gasteiger charge is 2.50. The Morgan fingerprint density at radius 1 is 1.38 bits per heavy atom. The van der Waals surface area contributed by atoms with Gasteiger partial charge in [-0.2, -0.15) is 0 Å². The van der Waals surface area contributed by atoms with Gasteiger partial charge in [0, 0.05) is 6.54 Å². The fourth-order valence-corrected chi connectivity index (χ4v) is 3.36. The van der Waals surface area contributed by atoms with E-state index in [9.17, 15) is 9.59 Å². The van der Waals surface area contributed by atoms with Crippen molar-refractivity contribution in [3.63, 3.8) is 0 Å². The number of carbonyl (C=O) groups excluding carboxylic acids is 2. The van der Waals surface area contributed by atoms with E-state index in [1.54, 1.807) is 4.90 Å². The number of nitrogens with one attached hydrogen (secondary N) is 1. The van der Waals surface area contributed by atoms with E-state index in [4.69, 9.17) is 4.74 Å². The average molecular weight is 288 g/mol. The monoisotopic (exact) mass is 288 g/mol. The molecule has 3 rings (SSSR count). The summed E-state index contributed by atoms with van der Waals surface area (Å²) in [5, 5.41) is 2.99. The molecule has 2 aliphatic heterocycles. The highest BCUT2D eigenvalue weighted by atomic mass is 16.6. The molecule has 112 valence electrons. The first-order chi connectivity index (χ1) is 10.2. The summed E-state index contributed by atoms with van der Waals surface area (Å²) in [7, 11) is 0. The minimum atomic E-state index is -0.318. The van der Waals surface area contributed by atoms with Crippen molar-refractivity contribution in [2.75, 3.05) is 6.54 Å². The molecule has 2 amide bonds. The smallest absolute Gasteiger partial charge is 0.410 e. The average Bonchev–Trinajstić information content (AvgIpc) is 3.03. The minimum absolute atomic E-state index is 0.0502. The number of nitrogens with zero attached hydrogens (tertiary/aromatic N) is 1. The van der Waals surface area contributed by atoms with Crippen LogP contribution >= 0.6 is 0 Å². The maximum Gasteiger partial charge on any atom is 0.410 e. The van der Waals surface area contributed by atoms with Crippen LogP contribution in [0.1, 0.15) is 25.3 Å². The lowest BCUT2D eigenvalue weighted by Gasteiger charge is -2.26. The van der Waals surface area contributed by atoms with Gasteiger partial charge in [-0.3, -0.25) is 4.79 Å². The van der Waals surface area contributed by atoms with Crippen molar-refractivity contribution >= 4 is 12.0 Å². The molecule has 0 aliphatic carbocycles. The number of likely N-dealkylation sites (tertiary alicyclic amines) is 1. The van der Waals surface area contributed by atoms with Gasteiger partial charge in [0.05, 0.1) is 18.0 Å². The summed E-state index contributed by atoms with van der Waals surface area (Å²) in [6.45, 7) is 2.91. The van der Waals surface area contributed by atoms with Gasteiger partial charge in [0.2, 0.25) is 5.91 Å². The lowest BCUT2D eigenvalue weighted by molar-refractivity contribution is -0.123. The third-order valence-electron chi connectivity index (χ3n) is 4.41. The number of hydrogen-bond acceptors (Lipinski definition) is 3. The van der Waals surface area contributed by atoms with E-state index in [2.05, 4.69) is 5.32 Å². The zero-order chi connectivity index (χ0) is 14.8. The van der Waals surface area contributed by atoms with Crippen LogP contribution in [0, 0.1) is 5.92 Å². The topological polar surface area (TPSA) is 58.6 Å². The number of benzene rings is 1. The van der Waals surface area contributed by atoms with E-state index in [0.29, 0.717) is 6.54 Å². The molecule has 1 aromatic carbocycles. The third kappa shape index (κ3) is 2.60. The molecule has 5 nitrogen and oxygen atoms in total. The molecule has 5 heteroatoms. The number of amides is 2. The Morgan fingerprint density at radius 3 is 2.86 bits per heavy atom. The molecule has 0 unspecified atom stereocenters. The van der Waals surface area contributed by atoms with Gasteiger partial charge in [0.25, 0.3) is 0 Å². The Labute approximate surface area is 124 Å². The van der Waals surface area contributed by atoms with Crippen molar-refractivity contribution in [1.29, 1.82) is 0 Å². The molecule has 2 heterocycles. The van der Waals surface area contributed by atoms with Gasteiger partial charge in [-0.05, 0) is 18.4 Å². The second kappa shape index (κ2) is 5.76. The molecule has 0 spiro atoms. The Balaban J connectivity index is 1.64. The summed E-state index contributed by atoms with van der Waals surface area (Å²) in [6, 6.07) is 9.66. The molecular formula is C16H20N2O3. The molecule has 0 bridgehead atoms. The fraction of sp³-hybridized carbons (Fsp3) is 0.500. The molecule has 2 saturated heterocycles. The van der Waals surface area contributed by atoms with Crippen molar-refractivity contribution in [1.82, 2.24) is 10.2 Å². The molecule has 2 aliphatic rings. The Kier molecular flexibility index (Phi) is 3.82. The highest BCUT2D eigenvalue weighted by molar-refractivity contribution is 5.84. The van der Waals surface area contributed by atoms with Crippen LogP contribution in [0.3, 0.4) is 0 Å². The Morgan fingerprint density at radius 2 is 2.14 bits per heavy atom. The van der Waals surface area contributed by atoms with E-state index in [0.717, 1.165) is 18.4 Å². The van der Waals surface area contributed by atoms with Crippen LogP contribution in [0.4, 0.5) is 4.79 Å². The second-order valence-corrected chi connectivity index (χ2v) is 5.64. The van der Waals surface area contributed by atoms with Crippen LogP contribution in [0.2, 0.25) is 0 Å². The van der Waals surface area contributed by atoms with Gasteiger partial charge in [-0.15, -0.1) is 0 Å². The quantitative estimate of drug-likeness (QED) is 0.924. The molecule has 0 saturated carbocycles. The Bertz CT molecular complexity index is 532. The van der Waals surface area contributed by atoms with E-state index >= 15 is 0 Å². The molecule has 21 heavy (non-hydrogen) atoms. The molecule has 3 atom stereocenters. The standard InChI is InChI=1S/C16H20N2O3/c1-2-12-14-13(17-15(12)19)8-9-18(14)16(20)21-10-11-6-4-3-5-7-11/h3-7,12-14H,2,8-10H2,1H3,(H,17,19)/t12-,13-,14+/m0/s1. The first-order valence-electron chi connectivity index (χ1n) is 7.48. The SMILES string of the molecule is CC[C@@H]1C(=O)N[C@H]2CCN(C(=O)OCc3ccccc3)[C@@H]21. The van der Waals surface area contributed by atoms with E-state index < -0.39 is 0 Å². The van der Waals surface area contributed by atoms with Gasteiger partial charge in [-0.1, -0.05) is 37.3 Å². The van der Waals surface area contributed by atoms with E-state index in [1.807, 2.05) is 37.3 Å². The predicted molar refractivity (Wildman–Crippen MR) is 77.4 cm³/mol. The lowest BCUT2D eigenvalue weighted by Crippen LogP contribution is -2.42. The van der Waals surface area contributed by atoms with Crippen LogP contribution in [0.15, 0.2) is 30.3 Å². The molecule has 1 N–H and O–H groups in total. The minimum Gasteiger partial charge on any atom is -0.445 e. The van der Waals surface area contributed by atoms with Gasteiger partial charge in [-0.25, -0.2) is 4.79 Å². The largest absolute Gasteiger partial charge is 0.445 e. The van der Waals surface area contributed by atoms with Gasteiger partial charge >= 0.3 is 6.09 Å². The maximum absolute atomic E-state index is 12.3. The molecule has 2 fully saturated rings. The van der Waals surface area contributed by atoms with Gasteiger partial charge < -0.3 is 15.0 Å². The Hall–Kier alpha value is -2.04. The van der Waals surface area contributed by atoms with Crippen molar-refractivity contribution in [2.24, 2.45) is 5.92 Å². The molecule has 0 aromatic heterocycles. The summed E-state index contributed by atoms with van der Waals surface area (Å²) in [5.41, 5.74) is 0.967. The maximum atomic E-state index is 12.3. The van der Waals surface area contributed by atoms with Crippen molar-refractivity contribution < 1.29 is 14.3 Å². The zero-order valence-electron chi connectivity index (χ0n) is 12.1. The fourth-order valence-electron chi connectivity index (χ4n) is 3.36.